The number of carbonyl (C=O) groups excluding carboxylic acids is 1. The van der Waals surface area contributed by atoms with Crippen molar-refractivity contribution in [3.05, 3.63) is 24.0 Å². The number of ether oxygens (including phenoxy) is 1. The molecule has 0 saturated heterocycles. The number of aromatic nitrogens is 1. The molecule has 5 nitrogen and oxygen atoms in total. The second kappa shape index (κ2) is 6.52. The lowest BCUT2D eigenvalue weighted by Gasteiger charge is -2.31. The Labute approximate surface area is 114 Å². The molecule has 0 aliphatic carbocycles. The number of pyridine rings is 1. The molecule has 106 valence electrons. The average molecular weight is 266 g/mol. The maximum absolute atomic E-state index is 12.3. The predicted molar refractivity (Wildman–Crippen MR) is 73.2 cm³/mol. The van der Waals surface area contributed by atoms with Crippen LogP contribution >= 0.6 is 0 Å². The van der Waals surface area contributed by atoms with Gasteiger partial charge in [0.25, 0.3) is 5.91 Å². The molecule has 1 aromatic heterocycles. The highest BCUT2D eigenvalue weighted by molar-refractivity contribution is 5.96. The number of aliphatic hydroxyl groups is 1. The van der Waals surface area contributed by atoms with Crippen molar-refractivity contribution >= 4 is 5.91 Å². The largest absolute Gasteiger partial charge is 0.494 e. The number of carbonyl (C=O) groups is 1. The predicted octanol–water partition coefficient (Wildman–Crippen LogP) is 1.62. The van der Waals surface area contributed by atoms with E-state index in [0.29, 0.717) is 17.7 Å². The summed E-state index contributed by atoms with van der Waals surface area (Å²) < 4.78 is 5.12. The number of hydrogen-bond acceptors (Lipinski definition) is 4. The highest BCUT2D eigenvalue weighted by Gasteiger charge is 2.26. The second-order valence-corrected chi connectivity index (χ2v) is 5.48. The molecule has 1 unspecified atom stereocenters. The summed E-state index contributed by atoms with van der Waals surface area (Å²) in [5, 5.41) is 12.0. The van der Waals surface area contributed by atoms with Crippen molar-refractivity contribution in [3.8, 4) is 5.75 Å². The molecule has 0 aromatic carbocycles. The molecule has 0 radical (unpaired) electrons. The maximum Gasteiger partial charge on any atom is 0.255 e. The summed E-state index contributed by atoms with van der Waals surface area (Å²) in [5.74, 6) is 0.226. The van der Waals surface area contributed by atoms with E-state index in [9.17, 15) is 4.79 Å². The minimum atomic E-state index is -0.215. The quantitative estimate of drug-likeness (QED) is 0.849. The Morgan fingerprint density at radius 1 is 1.53 bits per heavy atom. The van der Waals surface area contributed by atoms with Gasteiger partial charge in [-0.1, -0.05) is 20.8 Å². The van der Waals surface area contributed by atoms with Crippen LogP contribution in [0.3, 0.4) is 0 Å². The second-order valence-electron chi connectivity index (χ2n) is 5.48. The van der Waals surface area contributed by atoms with Gasteiger partial charge in [0.05, 0.1) is 18.9 Å². The van der Waals surface area contributed by atoms with Crippen LogP contribution in [0.25, 0.3) is 0 Å². The Morgan fingerprint density at radius 2 is 2.21 bits per heavy atom. The fourth-order valence-electron chi connectivity index (χ4n) is 1.82. The van der Waals surface area contributed by atoms with Gasteiger partial charge in [-0.3, -0.25) is 9.78 Å². The van der Waals surface area contributed by atoms with Gasteiger partial charge >= 0.3 is 0 Å². The smallest absolute Gasteiger partial charge is 0.255 e. The highest BCUT2D eigenvalue weighted by atomic mass is 16.5. The van der Waals surface area contributed by atoms with Gasteiger partial charge in [0.15, 0.2) is 0 Å². The van der Waals surface area contributed by atoms with Gasteiger partial charge in [-0.15, -0.1) is 0 Å². The van der Waals surface area contributed by atoms with Gasteiger partial charge in [0, 0.05) is 18.8 Å². The van der Waals surface area contributed by atoms with Gasteiger partial charge < -0.3 is 15.2 Å². The van der Waals surface area contributed by atoms with E-state index in [-0.39, 0.29) is 24.0 Å². The first-order valence-electron chi connectivity index (χ1n) is 6.30. The SMILES string of the molecule is COc1cnccc1C(=O)NC(CCO)C(C)(C)C. The maximum atomic E-state index is 12.3. The molecule has 0 aliphatic rings. The minimum absolute atomic E-state index is 0.0374. The van der Waals surface area contributed by atoms with Gasteiger partial charge in [-0.2, -0.15) is 0 Å². The van der Waals surface area contributed by atoms with Crippen LogP contribution in [-0.2, 0) is 0 Å². The standard InChI is InChI=1S/C14H22N2O3/c1-14(2,3)12(6-8-17)16-13(18)10-5-7-15-9-11(10)19-4/h5,7,9,12,17H,6,8H2,1-4H3,(H,16,18). The molecular formula is C14H22N2O3. The van der Waals surface area contributed by atoms with Gasteiger partial charge in [0.2, 0.25) is 0 Å². The lowest BCUT2D eigenvalue weighted by molar-refractivity contribution is 0.0882. The first-order chi connectivity index (χ1) is 8.90. The normalized spacial score (nSPS) is 12.9. The van der Waals surface area contributed by atoms with Crippen LogP contribution in [0.5, 0.6) is 5.75 Å². The van der Waals surface area contributed by atoms with Crippen molar-refractivity contribution in [3.63, 3.8) is 0 Å². The third kappa shape index (κ3) is 4.21. The molecule has 1 rings (SSSR count). The van der Waals surface area contributed by atoms with Crippen LogP contribution in [0.15, 0.2) is 18.5 Å². The van der Waals surface area contributed by atoms with E-state index in [1.54, 1.807) is 12.3 Å². The summed E-state index contributed by atoms with van der Waals surface area (Å²) in [5.41, 5.74) is 0.322. The average Bonchev–Trinajstić information content (AvgIpc) is 2.37. The zero-order chi connectivity index (χ0) is 14.5. The molecule has 1 amide bonds. The van der Waals surface area contributed by atoms with Crippen LogP contribution in [0, 0.1) is 5.41 Å². The van der Waals surface area contributed by atoms with Gasteiger partial charge in [-0.25, -0.2) is 0 Å². The highest BCUT2D eigenvalue weighted by Crippen LogP contribution is 2.23. The number of hydrogen-bond donors (Lipinski definition) is 2. The molecule has 0 bridgehead atoms. The van der Waals surface area contributed by atoms with Crippen molar-refractivity contribution in [2.24, 2.45) is 5.41 Å². The summed E-state index contributed by atoms with van der Waals surface area (Å²) in [6.45, 7) is 6.11. The monoisotopic (exact) mass is 266 g/mol. The van der Waals surface area contributed by atoms with Crippen molar-refractivity contribution in [2.45, 2.75) is 33.2 Å². The fourth-order valence-corrected chi connectivity index (χ4v) is 1.82. The van der Waals surface area contributed by atoms with Crippen molar-refractivity contribution in [1.29, 1.82) is 0 Å². The van der Waals surface area contributed by atoms with E-state index >= 15 is 0 Å². The number of aliphatic hydroxyl groups excluding tert-OH is 1. The van der Waals surface area contributed by atoms with Crippen molar-refractivity contribution in [2.75, 3.05) is 13.7 Å². The fraction of sp³-hybridized carbons (Fsp3) is 0.571. The molecule has 0 aliphatic heterocycles. The molecule has 19 heavy (non-hydrogen) atoms. The molecule has 0 spiro atoms. The van der Waals surface area contributed by atoms with Crippen LogP contribution in [0.1, 0.15) is 37.6 Å². The van der Waals surface area contributed by atoms with Gasteiger partial charge in [-0.05, 0) is 17.9 Å². The molecule has 0 fully saturated rings. The third-order valence-corrected chi connectivity index (χ3v) is 3.02. The summed E-state index contributed by atoms with van der Waals surface area (Å²) in [4.78, 5) is 16.2. The molecule has 1 heterocycles. The van der Waals surface area contributed by atoms with Gasteiger partial charge in [0.1, 0.15) is 5.75 Å². The Morgan fingerprint density at radius 3 is 2.74 bits per heavy atom. The van der Waals surface area contributed by atoms with Crippen LogP contribution in [0.4, 0.5) is 0 Å². The van der Waals surface area contributed by atoms with Crippen molar-refractivity contribution in [1.82, 2.24) is 10.3 Å². The Hall–Kier alpha value is -1.62. The number of nitrogens with one attached hydrogen (secondary N) is 1. The summed E-state index contributed by atoms with van der Waals surface area (Å²) in [6.07, 6.45) is 3.57. The Bertz CT molecular complexity index is 427. The first-order valence-corrected chi connectivity index (χ1v) is 6.30. The summed E-state index contributed by atoms with van der Waals surface area (Å²) in [6, 6.07) is 1.51. The van der Waals surface area contributed by atoms with Crippen LogP contribution < -0.4 is 10.1 Å². The molecule has 0 saturated carbocycles. The zero-order valence-electron chi connectivity index (χ0n) is 11.9. The lowest BCUT2D eigenvalue weighted by Crippen LogP contribution is -2.44. The Kier molecular flexibility index (Phi) is 5.30. The van der Waals surface area contributed by atoms with Crippen molar-refractivity contribution < 1.29 is 14.6 Å². The number of methoxy groups -OCH3 is 1. The molecule has 5 heteroatoms. The van der Waals surface area contributed by atoms with E-state index < -0.39 is 0 Å². The Balaban J connectivity index is 2.88. The molecule has 2 N–H and O–H groups in total. The van der Waals surface area contributed by atoms with Crippen LogP contribution in [0.2, 0.25) is 0 Å². The topological polar surface area (TPSA) is 71.5 Å². The minimum Gasteiger partial charge on any atom is -0.494 e. The van der Waals surface area contributed by atoms with E-state index in [0.717, 1.165) is 0 Å². The zero-order valence-corrected chi connectivity index (χ0v) is 11.9. The lowest BCUT2D eigenvalue weighted by atomic mass is 9.85. The number of nitrogens with zero attached hydrogens (tertiary/aromatic N) is 1. The van der Waals surface area contributed by atoms with E-state index in [1.165, 1.54) is 13.3 Å². The summed E-state index contributed by atoms with van der Waals surface area (Å²) >= 11 is 0. The number of rotatable bonds is 5. The molecule has 1 aromatic rings. The molecule has 1 atom stereocenters. The first kappa shape index (κ1) is 15.4. The van der Waals surface area contributed by atoms with E-state index in [1.807, 2.05) is 20.8 Å². The third-order valence-electron chi connectivity index (χ3n) is 3.02. The number of amides is 1. The van der Waals surface area contributed by atoms with Crippen LogP contribution in [-0.4, -0.2) is 35.8 Å². The van der Waals surface area contributed by atoms with E-state index in [4.69, 9.17) is 9.84 Å². The summed E-state index contributed by atoms with van der Waals surface area (Å²) in [7, 11) is 1.50. The van der Waals surface area contributed by atoms with E-state index in [2.05, 4.69) is 10.3 Å². The molecular weight excluding hydrogens is 244 g/mol.